The van der Waals surface area contributed by atoms with Gasteiger partial charge in [0.15, 0.2) is 0 Å². The molecule has 1 aromatic carbocycles. The van der Waals surface area contributed by atoms with Crippen molar-refractivity contribution >= 4 is 27.5 Å². The van der Waals surface area contributed by atoms with Crippen molar-refractivity contribution < 1.29 is 13.2 Å². The van der Waals surface area contributed by atoms with E-state index >= 15 is 0 Å². The molecule has 7 heteroatoms. The Morgan fingerprint density at radius 2 is 2.05 bits per heavy atom. The van der Waals surface area contributed by atoms with Gasteiger partial charge in [-0.25, -0.2) is 13.6 Å². The zero-order valence-electron chi connectivity index (χ0n) is 11.9. The molecule has 1 aliphatic rings. The third kappa shape index (κ3) is 3.75. The van der Waals surface area contributed by atoms with Gasteiger partial charge >= 0.3 is 0 Å². The van der Waals surface area contributed by atoms with Crippen LogP contribution in [0.1, 0.15) is 43.0 Å². The van der Waals surface area contributed by atoms with Crippen molar-refractivity contribution in [3.05, 3.63) is 28.8 Å². The average Bonchev–Trinajstić information content (AvgIpc) is 2.36. The van der Waals surface area contributed by atoms with Crippen LogP contribution in [0, 0.1) is 5.41 Å². The molecule has 0 unspecified atom stereocenters. The first-order valence-electron chi connectivity index (χ1n) is 6.87. The molecule has 0 radical (unpaired) electrons. The molecular weight excluding hydrogens is 312 g/mol. The van der Waals surface area contributed by atoms with Crippen molar-refractivity contribution in [1.82, 2.24) is 5.32 Å². The number of primary sulfonamides is 1. The number of hydrogen-bond acceptors (Lipinski definition) is 3. The van der Waals surface area contributed by atoms with Crippen LogP contribution in [-0.2, 0) is 10.0 Å². The van der Waals surface area contributed by atoms with E-state index in [0.717, 1.165) is 19.3 Å². The summed E-state index contributed by atoms with van der Waals surface area (Å²) in [7, 11) is -3.89. The summed E-state index contributed by atoms with van der Waals surface area (Å²) in [6.07, 6.45) is 4.44. The molecule has 1 amide bonds. The molecule has 21 heavy (non-hydrogen) atoms. The number of nitrogens with two attached hydrogens (primary N) is 1. The minimum atomic E-state index is -3.89. The van der Waals surface area contributed by atoms with Crippen LogP contribution in [-0.4, -0.2) is 20.9 Å². The zero-order valence-corrected chi connectivity index (χ0v) is 13.4. The molecule has 1 aromatic rings. The predicted octanol–water partition coefficient (Wildman–Crippen LogP) is 2.30. The fourth-order valence-corrected chi connectivity index (χ4v) is 3.44. The molecule has 3 N–H and O–H groups in total. The van der Waals surface area contributed by atoms with Gasteiger partial charge in [0.05, 0.1) is 4.90 Å². The molecule has 0 aromatic heterocycles. The second-order valence-electron chi connectivity index (χ2n) is 5.61. The van der Waals surface area contributed by atoms with Crippen LogP contribution in [0.3, 0.4) is 0 Å². The first-order valence-corrected chi connectivity index (χ1v) is 8.80. The first-order chi connectivity index (χ1) is 9.76. The lowest BCUT2D eigenvalue weighted by molar-refractivity contribution is 0.0850. The lowest BCUT2D eigenvalue weighted by Crippen LogP contribution is -2.41. The normalized spacial score (nSPS) is 17.1. The van der Waals surface area contributed by atoms with E-state index in [1.165, 1.54) is 24.6 Å². The monoisotopic (exact) mass is 330 g/mol. The third-order valence-electron chi connectivity index (χ3n) is 4.25. The van der Waals surface area contributed by atoms with E-state index in [-0.39, 0.29) is 26.8 Å². The second kappa shape index (κ2) is 5.94. The van der Waals surface area contributed by atoms with E-state index in [1.54, 1.807) is 0 Å². The molecule has 0 heterocycles. The highest BCUT2D eigenvalue weighted by Gasteiger charge is 2.35. The van der Waals surface area contributed by atoms with E-state index in [9.17, 15) is 13.2 Å². The summed E-state index contributed by atoms with van der Waals surface area (Å²) in [6.45, 7) is 2.71. The number of sulfonamides is 1. The van der Waals surface area contributed by atoms with Crippen LogP contribution >= 0.6 is 11.6 Å². The molecular formula is C14H19ClN2O3S. The van der Waals surface area contributed by atoms with Crippen molar-refractivity contribution in [3.8, 4) is 0 Å². The number of amides is 1. The van der Waals surface area contributed by atoms with Gasteiger partial charge in [-0.2, -0.15) is 0 Å². The van der Waals surface area contributed by atoms with Crippen LogP contribution in [0.25, 0.3) is 0 Å². The van der Waals surface area contributed by atoms with Gasteiger partial charge in [-0.05, 0) is 42.9 Å². The van der Waals surface area contributed by atoms with Gasteiger partial charge in [0, 0.05) is 17.1 Å². The molecule has 0 spiro atoms. The van der Waals surface area contributed by atoms with Crippen LogP contribution in [0.4, 0.5) is 0 Å². The Balaban J connectivity index is 2.14. The summed E-state index contributed by atoms with van der Waals surface area (Å²) in [4.78, 5) is 12.0. The molecule has 116 valence electrons. The maximum atomic E-state index is 12.2. The number of hydrogen-bond donors (Lipinski definition) is 2. The van der Waals surface area contributed by atoms with E-state index in [2.05, 4.69) is 12.2 Å². The fraction of sp³-hybridized carbons (Fsp3) is 0.500. The van der Waals surface area contributed by atoms with Gasteiger partial charge in [-0.15, -0.1) is 0 Å². The van der Waals surface area contributed by atoms with Crippen LogP contribution in [0.15, 0.2) is 23.1 Å². The van der Waals surface area contributed by atoms with Gasteiger partial charge in [0.1, 0.15) is 0 Å². The number of nitrogens with one attached hydrogen (secondary N) is 1. The number of carbonyl (C=O) groups excluding carboxylic acids is 1. The molecule has 2 rings (SSSR count). The minimum absolute atomic E-state index is 0.158. The average molecular weight is 331 g/mol. The van der Waals surface area contributed by atoms with Crippen LogP contribution < -0.4 is 10.5 Å². The summed E-state index contributed by atoms with van der Waals surface area (Å²) in [5, 5.41) is 8.10. The van der Waals surface area contributed by atoms with Crippen molar-refractivity contribution in [3.63, 3.8) is 0 Å². The van der Waals surface area contributed by atoms with E-state index in [0.29, 0.717) is 6.54 Å². The van der Waals surface area contributed by atoms with E-state index in [4.69, 9.17) is 16.7 Å². The summed E-state index contributed by atoms with van der Waals surface area (Å²) >= 11 is 5.86. The first kappa shape index (κ1) is 16.3. The van der Waals surface area contributed by atoms with Gasteiger partial charge in [0.25, 0.3) is 5.91 Å². The second-order valence-corrected chi connectivity index (χ2v) is 7.61. The van der Waals surface area contributed by atoms with Crippen molar-refractivity contribution in [2.45, 2.75) is 37.5 Å². The third-order valence-corrected chi connectivity index (χ3v) is 5.36. The number of rotatable bonds is 5. The molecule has 0 atom stereocenters. The van der Waals surface area contributed by atoms with Gasteiger partial charge in [-0.3, -0.25) is 4.79 Å². The molecule has 1 aliphatic carbocycles. The fourth-order valence-electron chi connectivity index (χ4n) is 2.56. The number of halogens is 1. The van der Waals surface area contributed by atoms with Crippen molar-refractivity contribution in [2.75, 3.05) is 6.54 Å². The summed E-state index contributed by atoms with van der Waals surface area (Å²) in [6, 6.07) is 3.91. The van der Waals surface area contributed by atoms with Gasteiger partial charge in [0.2, 0.25) is 10.0 Å². The maximum Gasteiger partial charge on any atom is 0.251 e. The minimum Gasteiger partial charge on any atom is -0.351 e. The Hall–Kier alpha value is -1.11. The van der Waals surface area contributed by atoms with E-state index < -0.39 is 10.0 Å². The summed E-state index contributed by atoms with van der Waals surface area (Å²) in [5.41, 5.74) is 0.397. The van der Waals surface area contributed by atoms with E-state index in [1.807, 2.05) is 0 Å². The lowest BCUT2D eigenvalue weighted by atomic mass is 9.67. The molecule has 1 fully saturated rings. The summed E-state index contributed by atoms with van der Waals surface area (Å²) < 4.78 is 22.7. The highest BCUT2D eigenvalue weighted by molar-refractivity contribution is 7.89. The Morgan fingerprint density at radius 1 is 1.38 bits per heavy atom. The smallest absolute Gasteiger partial charge is 0.251 e. The highest BCUT2D eigenvalue weighted by atomic mass is 35.5. The van der Waals surface area contributed by atoms with Gasteiger partial charge in [-0.1, -0.05) is 24.9 Å². The standard InChI is InChI=1S/C14H19ClN2O3S/c1-2-14(4-3-5-14)9-17-13(18)10-6-11(15)8-12(7-10)21(16,19)20/h6-8H,2-5,9H2,1H3,(H,17,18)(H2,16,19,20). The Bertz CT molecular complexity index is 649. The molecule has 0 saturated heterocycles. The Morgan fingerprint density at radius 3 is 2.52 bits per heavy atom. The highest BCUT2D eigenvalue weighted by Crippen LogP contribution is 2.43. The quantitative estimate of drug-likeness (QED) is 0.868. The summed E-state index contributed by atoms with van der Waals surface area (Å²) in [5.74, 6) is -0.331. The maximum absolute atomic E-state index is 12.2. The Kier molecular flexibility index (Phi) is 4.60. The van der Waals surface area contributed by atoms with Crippen molar-refractivity contribution in [2.24, 2.45) is 10.6 Å². The predicted molar refractivity (Wildman–Crippen MR) is 81.7 cm³/mol. The SMILES string of the molecule is CCC1(CNC(=O)c2cc(Cl)cc(S(N)(=O)=O)c2)CCC1. The lowest BCUT2D eigenvalue weighted by Gasteiger charge is -2.41. The van der Waals surface area contributed by atoms with Crippen LogP contribution in [0.2, 0.25) is 5.02 Å². The van der Waals surface area contributed by atoms with Crippen LogP contribution in [0.5, 0.6) is 0 Å². The number of carbonyl (C=O) groups is 1. The Labute approximate surface area is 129 Å². The molecule has 5 nitrogen and oxygen atoms in total. The molecule has 1 saturated carbocycles. The van der Waals surface area contributed by atoms with Crippen molar-refractivity contribution in [1.29, 1.82) is 0 Å². The van der Waals surface area contributed by atoms with Gasteiger partial charge < -0.3 is 5.32 Å². The largest absolute Gasteiger partial charge is 0.351 e. The zero-order chi connectivity index (χ0) is 15.7. The molecule has 0 bridgehead atoms. The number of benzene rings is 1. The topological polar surface area (TPSA) is 89.3 Å². The molecule has 0 aliphatic heterocycles.